The Labute approximate surface area is 194 Å². The molecule has 0 aliphatic heterocycles. The van der Waals surface area contributed by atoms with Crippen LogP contribution in [-0.2, 0) is 0 Å². The summed E-state index contributed by atoms with van der Waals surface area (Å²) in [6.45, 7) is 0. The van der Waals surface area contributed by atoms with Crippen LogP contribution in [-0.4, -0.2) is 36.2 Å². The summed E-state index contributed by atoms with van der Waals surface area (Å²) in [5, 5.41) is 23.7. The molecule has 0 atom stereocenters. The SMILES string of the molecule is COc1ccc(NC(=O)Nc2ccc(C(=O)N=Nc3c(O)[nH]c4ccc(OC)cc34)cc2)cc1. The number of hydrogen-bond acceptors (Lipinski definition) is 6. The van der Waals surface area contributed by atoms with Gasteiger partial charge in [0.1, 0.15) is 11.5 Å². The van der Waals surface area contributed by atoms with Crippen molar-refractivity contribution in [3.8, 4) is 17.4 Å². The van der Waals surface area contributed by atoms with E-state index in [2.05, 4.69) is 25.8 Å². The Balaban J connectivity index is 1.41. The number of hydrogen-bond donors (Lipinski definition) is 4. The minimum atomic E-state index is -0.606. The van der Waals surface area contributed by atoms with Crippen molar-refractivity contribution in [2.75, 3.05) is 24.9 Å². The van der Waals surface area contributed by atoms with E-state index < -0.39 is 11.9 Å². The number of carbonyl (C=O) groups is 2. The monoisotopic (exact) mass is 459 g/mol. The smallest absolute Gasteiger partial charge is 0.323 e. The van der Waals surface area contributed by atoms with Gasteiger partial charge in [0.05, 0.1) is 19.7 Å². The highest BCUT2D eigenvalue weighted by molar-refractivity contribution is 6.01. The molecule has 0 saturated carbocycles. The molecule has 1 heterocycles. The summed E-state index contributed by atoms with van der Waals surface area (Å²) in [6, 6.07) is 17.8. The highest BCUT2D eigenvalue weighted by Gasteiger charge is 2.13. The van der Waals surface area contributed by atoms with Crippen LogP contribution in [0.4, 0.5) is 21.9 Å². The van der Waals surface area contributed by atoms with Gasteiger partial charge < -0.3 is 30.2 Å². The van der Waals surface area contributed by atoms with Crippen LogP contribution in [0.5, 0.6) is 17.4 Å². The second-order valence-electron chi connectivity index (χ2n) is 7.12. The molecule has 3 aromatic carbocycles. The zero-order chi connectivity index (χ0) is 24.1. The van der Waals surface area contributed by atoms with Crippen LogP contribution in [0.3, 0.4) is 0 Å². The molecule has 3 amide bonds. The van der Waals surface area contributed by atoms with Gasteiger partial charge in [0.25, 0.3) is 5.91 Å². The minimum absolute atomic E-state index is 0.135. The molecule has 0 aliphatic carbocycles. The number of aromatic nitrogens is 1. The van der Waals surface area contributed by atoms with Crippen LogP contribution in [0.2, 0.25) is 0 Å². The molecule has 0 radical (unpaired) electrons. The summed E-state index contributed by atoms with van der Waals surface area (Å²) >= 11 is 0. The molecule has 0 fully saturated rings. The maximum Gasteiger partial charge on any atom is 0.323 e. The predicted octanol–water partition coefficient (Wildman–Crippen LogP) is 5.46. The molecule has 0 aliphatic rings. The fraction of sp³-hybridized carbons (Fsp3) is 0.0833. The lowest BCUT2D eigenvalue weighted by atomic mass is 10.2. The van der Waals surface area contributed by atoms with Crippen LogP contribution in [0.15, 0.2) is 77.0 Å². The molecule has 1 aromatic heterocycles. The first-order chi connectivity index (χ1) is 16.5. The third-order valence-corrected chi connectivity index (χ3v) is 4.94. The molecular weight excluding hydrogens is 438 g/mol. The van der Waals surface area contributed by atoms with E-state index >= 15 is 0 Å². The van der Waals surface area contributed by atoms with E-state index in [9.17, 15) is 14.7 Å². The number of urea groups is 1. The van der Waals surface area contributed by atoms with Crippen molar-refractivity contribution in [2.45, 2.75) is 0 Å². The first kappa shape index (κ1) is 22.3. The largest absolute Gasteiger partial charge is 0.497 e. The summed E-state index contributed by atoms with van der Waals surface area (Å²) < 4.78 is 10.3. The second-order valence-corrected chi connectivity index (χ2v) is 7.12. The molecule has 10 heteroatoms. The van der Waals surface area contributed by atoms with Crippen LogP contribution < -0.4 is 20.1 Å². The van der Waals surface area contributed by atoms with Gasteiger partial charge in [0.15, 0.2) is 5.69 Å². The zero-order valence-electron chi connectivity index (χ0n) is 18.3. The van der Waals surface area contributed by atoms with Crippen molar-refractivity contribution in [1.29, 1.82) is 0 Å². The number of aromatic hydroxyl groups is 1. The predicted molar refractivity (Wildman–Crippen MR) is 127 cm³/mol. The number of methoxy groups -OCH3 is 2. The fourth-order valence-electron chi connectivity index (χ4n) is 3.19. The Morgan fingerprint density at radius 1 is 0.853 bits per heavy atom. The number of rotatable bonds is 6. The summed E-state index contributed by atoms with van der Waals surface area (Å²) in [4.78, 5) is 27.4. The number of nitrogens with zero attached hydrogens (tertiary/aromatic N) is 2. The number of carbonyl (C=O) groups excluding carboxylic acids is 2. The Bertz CT molecular complexity index is 1360. The van der Waals surface area contributed by atoms with Crippen LogP contribution >= 0.6 is 0 Å². The van der Waals surface area contributed by atoms with E-state index in [1.54, 1.807) is 61.7 Å². The first-order valence-corrected chi connectivity index (χ1v) is 10.1. The molecule has 4 rings (SSSR count). The molecule has 10 nitrogen and oxygen atoms in total. The van der Waals surface area contributed by atoms with Crippen molar-refractivity contribution in [3.63, 3.8) is 0 Å². The Kier molecular flexibility index (Phi) is 6.40. The van der Waals surface area contributed by atoms with Crippen molar-refractivity contribution in [1.82, 2.24) is 4.98 Å². The number of anilines is 2. The van der Waals surface area contributed by atoms with E-state index in [1.807, 2.05) is 0 Å². The highest BCUT2D eigenvalue weighted by atomic mass is 16.5. The lowest BCUT2D eigenvalue weighted by molar-refractivity contribution is 0.0995. The average molecular weight is 459 g/mol. The number of H-pyrrole nitrogens is 1. The number of nitrogens with one attached hydrogen (secondary N) is 3. The number of azo groups is 1. The molecule has 172 valence electrons. The van der Waals surface area contributed by atoms with E-state index in [1.165, 1.54) is 19.2 Å². The molecule has 34 heavy (non-hydrogen) atoms. The van der Waals surface area contributed by atoms with Crippen molar-refractivity contribution in [2.24, 2.45) is 10.2 Å². The van der Waals surface area contributed by atoms with Crippen molar-refractivity contribution < 1.29 is 24.2 Å². The Hall–Kier alpha value is -4.86. The number of fused-ring (bicyclic) bond motifs is 1. The summed E-state index contributed by atoms with van der Waals surface area (Å²) in [6.07, 6.45) is 0. The number of amides is 3. The van der Waals surface area contributed by atoms with Gasteiger partial charge in [-0.25, -0.2) is 4.79 Å². The van der Waals surface area contributed by atoms with Gasteiger partial charge in [-0.2, -0.15) is 0 Å². The maximum atomic E-state index is 12.5. The third-order valence-electron chi connectivity index (χ3n) is 4.94. The average Bonchev–Trinajstić information content (AvgIpc) is 3.17. The van der Waals surface area contributed by atoms with Gasteiger partial charge in [-0.3, -0.25) is 4.79 Å². The van der Waals surface area contributed by atoms with Crippen LogP contribution in [0.1, 0.15) is 10.4 Å². The quantitative estimate of drug-likeness (QED) is 0.284. The fourth-order valence-corrected chi connectivity index (χ4v) is 3.19. The van der Waals surface area contributed by atoms with Gasteiger partial charge in [0, 0.05) is 22.3 Å². The summed E-state index contributed by atoms with van der Waals surface area (Å²) in [7, 11) is 3.09. The van der Waals surface area contributed by atoms with E-state index in [-0.39, 0.29) is 17.1 Å². The second kappa shape index (κ2) is 9.74. The lowest BCUT2D eigenvalue weighted by Gasteiger charge is -2.08. The summed E-state index contributed by atoms with van der Waals surface area (Å²) in [5.74, 6) is 0.449. The Morgan fingerprint density at radius 2 is 1.44 bits per heavy atom. The van der Waals surface area contributed by atoms with E-state index in [0.717, 1.165) is 0 Å². The van der Waals surface area contributed by atoms with E-state index in [4.69, 9.17) is 9.47 Å². The standard InChI is InChI=1S/C24H21N5O5/c1-33-17-9-7-16(8-10-17)26-24(32)25-15-5-3-14(4-6-15)22(30)29-28-21-19-13-18(34-2)11-12-20(19)27-23(21)31/h3-13,27,31H,1-2H3,(H2,25,26,32). The zero-order valence-corrected chi connectivity index (χ0v) is 18.3. The Morgan fingerprint density at radius 3 is 2.06 bits per heavy atom. The molecule has 0 saturated heterocycles. The van der Waals surface area contributed by atoms with Gasteiger partial charge >= 0.3 is 6.03 Å². The molecule has 0 bridgehead atoms. The molecule has 0 spiro atoms. The van der Waals surface area contributed by atoms with Crippen molar-refractivity contribution in [3.05, 3.63) is 72.3 Å². The first-order valence-electron chi connectivity index (χ1n) is 10.1. The third kappa shape index (κ3) is 4.96. The van der Waals surface area contributed by atoms with E-state index in [0.29, 0.717) is 33.8 Å². The van der Waals surface area contributed by atoms with Crippen LogP contribution in [0, 0.1) is 0 Å². The number of aromatic amines is 1. The number of ether oxygens (including phenoxy) is 2. The molecule has 4 aromatic rings. The normalized spacial score (nSPS) is 10.9. The topological polar surface area (TPSA) is 137 Å². The van der Waals surface area contributed by atoms with Crippen LogP contribution in [0.25, 0.3) is 10.9 Å². The minimum Gasteiger partial charge on any atom is -0.497 e. The maximum absolute atomic E-state index is 12.5. The van der Waals surface area contributed by atoms with Gasteiger partial charge in [-0.1, -0.05) is 0 Å². The molecular formula is C24H21N5O5. The molecule has 0 unspecified atom stereocenters. The highest BCUT2D eigenvalue weighted by Crippen LogP contribution is 2.37. The van der Waals surface area contributed by atoms with Crippen molar-refractivity contribution >= 4 is 39.9 Å². The van der Waals surface area contributed by atoms with Gasteiger partial charge in [-0.15, -0.1) is 10.2 Å². The summed E-state index contributed by atoms with van der Waals surface area (Å²) in [5.41, 5.74) is 2.12. The molecule has 4 N–H and O–H groups in total. The van der Waals surface area contributed by atoms with Gasteiger partial charge in [0.2, 0.25) is 5.88 Å². The number of benzene rings is 3. The van der Waals surface area contributed by atoms with Gasteiger partial charge in [-0.05, 0) is 66.7 Å². The lowest BCUT2D eigenvalue weighted by Crippen LogP contribution is -2.19.